The molecule has 0 spiro atoms. The molecule has 5 aliphatic rings. The zero-order valence-electron chi connectivity index (χ0n) is 27.0. The third kappa shape index (κ3) is 7.93. The van der Waals surface area contributed by atoms with E-state index >= 15 is 0 Å². The topological polar surface area (TPSA) is 38.7 Å². The molecule has 0 heterocycles. The lowest BCUT2D eigenvalue weighted by molar-refractivity contribution is -0.216. The van der Waals surface area contributed by atoms with Crippen LogP contribution in [-0.2, 0) is 4.74 Å². The Morgan fingerprint density at radius 2 is 1.24 bits per heavy atom. The van der Waals surface area contributed by atoms with Crippen molar-refractivity contribution in [3.63, 3.8) is 0 Å². The van der Waals surface area contributed by atoms with E-state index in [0.717, 1.165) is 42.4 Å². The van der Waals surface area contributed by atoms with Crippen LogP contribution in [0.1, 0.15) is 141 Å². The molecule has 3 atom stereocenters. The van der Waals surface area contributed by atoms with Crippen LogP contribution in [0.2, 0.25) is 0 Å². The van der Waals surface area contributed by atoms with Crippen molar-refractivity contribution >= 4 is 0 Å². The number of benzene rings is 2. The largest absolute Gasteiger partial charge is 0.508 e. The normalized spacial score (nSPS) is 28.9. The molecule has 1 N–H and O–H groups in total. The van der Waals surface area contributed by atoms with Crippen molar-refractivity contribution < 1.29 is 14.6 Å². The lowest BCUT2D eigenvalue weighted by Gasteiger charge is -2.58. The Kier molecular flexibility index (Phi) is 11.0. The highest BCUT2D eigenvalue weighted by molar-refractivity contribution is 5.30. The Morgan fingerprint density at radius 1 is 0.738 bits per heavy atom. The average Bonchev–Trinajstić information content (AvgIpc) is 3.00. The van der Waals surface area contributed by atoms with Gasteiger partial charge in [0.1, 0.15) is 11.5 Å². The van der Waals surface area contributed by atoms with E-state index in [1.54, 1.807) is 12.1 Å². The molecule has 3 heteroatoms. The van der Waals surface area contributed by atoms with Crippen molar-refractivity contribution in [1.29, 1.82) is 0 Å². The molecule has 7 rings (SSSR count). The minimum absolute atomic E-state index is 0.0565. The van der Waals surface area contributed by atoms with Gasteiger partial charge in [-0.25, -0.2) is 0 Å². The fraction of sp³-hybridized carbons (Fsp3) is 0.692. The Bertz CT molecular complexity index is 1030. The predicted molar refractivity (Wildman–Crippen MR) is 174 cm³/mol. The van der Waals surface area contributed by atoms with Gasteiger partial charge < -0.3 is 14.6 Å². The molecule has 0 amide bonds. The fourth-order valence-electron chi connectivity index (χ4n) is 8.89. The summed E-state index contributed by atoms with van der Waals surface area (Å²) in [5.41, 5.74) is 2.97. The second-order valence-corrected chi connectivity index (χ2v) is 14.7. The summed E-state index contributed by atoms with van der Waals surface area (Å²) in [5.74, 6) is 6.20. The van der Waals surface area contributed by atoms with Gasteiger partial charge in [-0.2, -0.15) is 0 Å². The molecule has 0 aliphatic heterocycles. The third-order valence-corrected chi connectivity index (χ3v) is 11.5. The van der Waals surface area contributed by atoms with Gasteiger partial charge in [0.2, 0.25) is 6.29 Å². The van der Waals surface area contributed by atoms with E-state index in [1.807, 2.05) is 12.1 Å². The van der Waals surface area contributed by atoms with Crippen molar-refractivity contribution in [2.45, 2.75) is 136 Å². The molecular formula is C39H58O3. The molecule has 5 aliphatic carbocycles. The molecule has 2 aromatic carbocycles. The fourth-order valence-corrected chi connectivity index (χ4v) is 8.89. The number of rotatable bonds is 11. The van der Waals surface area contributed by atoms with Gasteiger partial charge in [0.15, 0.2) is 0 Å². The second kappa shape index (κ2) is 14.7. The number of aromatic hydroxyl groups is 1. The van der Waals surface area contributed by atoms with Crippen molar-refractivity contribution in [3.05, 3.63) is 59.7 Å². The summed E-state index contributed by atoms with van der Waals surface area (Å²) >= 11 is 0. The zero-order valence-corrected chi connectivity index (χ0v) is 27.0. The molecule has 5 saturated carbocycles. The van der Waals surface area contributed by atoms with Crippen LogP contribution in [0, 0.1) is 29.1 Å². The number of phenolic OH excluding ortho intramolecular Hbond substituents is 1. The van der Waals surface area contributed by atoms with Crippen LogP contribution in [0.25, 0.3) is 0 Å². The zero-order chi connectivity index (χ0) is 29.5. The summed E-state index contributed by atoms with van der Waals surface area (Å²) in [7, 11) is 0. The van der Waals surface area contributed by atoms with E-state index in [4.69, 9.17) is 14.6 Å². The lowest BCUT2D eigenvalue weighted by atomic mass is 9.49. The number of hydrogen-bond donors (Lipinski definition) is 1. The maximum atomic E-state index is 9.01. The molecule has 0 radical (unpaired) electrons. The Morgan fingerprint density at radius 3 is 1.74 bits per heavy atom. The highest BCUT2D eigenvalue weighted by Gasteiger charge is 2.56. The van der Waals surface area contributed by atoms with Gasteiger partial charge in [-0.05, 0) is 129 Å². The maximum absolute atomic E-state index is 9.01. The predicted octanol–water partition coefficient (Wildman–Crippen LogP) is 11.0. The van der Waals surface area contributed by atoms with Crippen LogP contribution in [0.5, 0.6) is 11.5 Å². The standard InChI is InChI=1S/C29H44O2.C10H14O/c1-3-21(2)26-9-11-27(12-10-26)31-28(30-14-13-22-7-5-4-6-8-22)29-18-23-15-24(19-29)17-25(16-23)20-29;1-3-8(2)9-4-6-10(11)7-5-9/h9-12,21-25,28H,3-8,13-20H2,1-2H3;4-8,11H,3H2,1-2H3. The average molecular weight is 575 g/mol. The number of phenols is 1. The van der Waals surface area contributed by atoms with E-state index < -0.39 is 0 Å². The smallest absolute Gasteiger partial charge is 0.205 e. The summed E-state index contributed by atoms with van der Waals surface area (Å²) in [6, 6.07) is 16.3. The SMILES string of the molecule is CCC(C)c1ccc(O)cc1.CCC(C)c1ccc(OC(OCCC2CCCCC2)C23CC4CC(CC(C4)C2)C3)cc1. The van der Waals surface area contributed by atoms with Gasteiger partial charge in [-0.15, -0.1) is 0 Å². The Labute approximate surface area is 256 Å². The van der Waals surface area contributed by atoms with Gasteiger partial charge >= 0.3 is 0 Å². The Hall–Kier alpha value is -2.00. The summed E-state index contributed by atoms with van der Waals surface area (Å²) in [6.07, 6.45) is 19.0. The van der Waals surface area contributed by atoms with Crippen LogP contribution < -0.4 is 4.74 Å². The first kappa shape index (κ1) is 31.4. The van der Waals surface area contributed by atoms with Crippen molar-refractivity contribution in [3.8, 4) is 11.5 Å². The Balaban J connectivity index is 0.000000271. The first-order chi connectivity index (χ1) is 20.4. The molecule has 3 nitrogen and oxygen atoms in total. The summed E-state index contributed by atoms with van der Waals surface area (Å²) in [5, 5.41) is 9.01. The molecule has 5 fully saturated rings. The van der Waals surface area contributed by atoms with Gasteiger partial charge in [0, 0.05) is 5.41 Å². The van der Waals surface area contributed by atoms with Crippen LogP contribution in [0.15, 0.2) is 48.5 Å². The van der Waals surface area contributed by atoms with Gasteiger partial charge in [0.25, 0.3) is 0 Å². The molecule has 3 unspecified atom stereocenters. The minimum Gasteiger partial charge on any atom is -0.508 e. The van der Waals surface area contributed by atoms with Gasteiger partial charge in [-0.3, -0.25) is 0 Å². The molecular weight excluding hydrogens is 516 g/mol. The van der Waals surface area contributed by atoms with Crippen LogP contribution >= 0.6 is 0 Å². The van der Waals surface area contributed by atoms with Crippen LogP contribution in [0.4, 0.5) is 0 Å². The monoisotopic (exact) mass is 574 g/mol. The van der Waals surface area contributed by atoms with E-state index in [-0.39, 0.29) is 11.7 Å². The van der Waals surface area contributed by atoms with Gasteiger partial charge in [0.05, 0.1) is 6.61 Å². The van der Waals surface area contributed by atoms with E-state index in [9.17, 15) is 0 Å². The first-order valence-electron chi connectivity index (χ1n) is 17.5. The third-order valence-electron chi connectivity index (χ3n) is 11.5. The van der Waals surface area contributed by atoms with Crippen LogP contribution in [-0.4, -0.2) is 18.0 Å². The maximum Gasteiger partial charge on any atom is 0.205 e. The van der Waals surface area contributed by atoms with Crippen LogP contribution in [0.3, 0.4) is 0 Å². The van der Waals surface area contributed by atoms with Crippen molar-refractivity contribution in [2.75, 3.05) is 6.61 Å². The molecule has 232 valence electrons. The van der Waals surface area contributed by atoms with Crippen molar-refractivity contribution in [2.24, 2.45) is 29.1 Å². The lowest BCUT2D eigenvalue weighted by Crippen LogP contribution is -2.54. The molecule has 0 saturated heterocycles. The molecule has 0 aromatic heterocycles. The highest BCUT2D eigenvalue weighted by Crippen LogP contribution is 2.62. The second-order valence-electron chi connectivity index (χ2n) is 14.7. The molecule has 2 aromatic rings. The van der Waals surface area contributed by atoms with Crippen molar-refractivity contribution in [1.82, 2.24) is 0 Å². The summed E-state index contributed by atoms with van der Waals surface area (Å²) < 4.78 is 13.4. The van der Waals surface area contributed by atoms with Gasteiger partial charge in [-0.1, -0.05) is 84.1 Å². The molecule has 4 bridgehead atoms. The summed E-state index contributed by atoms with van der Waals surface area (Å²) in [4.78, 5) is 0. The van der Waals surface area contributed by atoms with E-state index in [1.165, 1.54) is 94.6 Å². The minimum atomic E-state index is -0.0565. The quantitative estimate of drug-likeness (QED) is 0.271. The highest BCUT2D eigenvalue weighted by atomic mass is 16.7. The first-order valence-corrected chi connectivity index (χ1v) is 17.5. The van der Waals surface area contributed by atoms with E-state index in [2.05, 4.69) is 52.0 Å². The number of hydrogen-bond acceptors (Lipinski definition) is 3. The molecule has 42 heavy (non-hydrogen) atoms. The summed E-state index contributed by atoms with van der Waals surface area (Å²) in [6.45, 7) is 9.80. The van der Waals surface area contributed by atoms with E-state index in [0.29, 0.717) is 17.6 Å². The number of ether oxygens (including phenoxy) is 2.